The molecule has 3 heterocycles. The molecule has 0 aliphatic carbocycles. The molecule has 1 atom stereocenters. The molecule has 35 heavy (non-hydrogen) atoms. The summed E-state index contributed by atoms with van der Waals surface area (Å²) in [7, 11) is 0. The molecule has 2 aromatic carbocycles. The van der Waals surface area contributed by atoms with Crippen molar-refractivity contribution in [1.82, 2.24) is 19.6 Å². The fourth-order valence-corrected chi connectivity index (χ4v) is 4.96. The standard InChI is InChI=1S/C25H20Cl2FN5O2/c1-14-8-22-18(13-32(14)24(34)16-3-4-19(26)20(27)10-16)23-25(35)31(6-7-33(23)30-22)12-15-2-5-21(28)17(9-15)11-29/h2-5,9-10,14H,6-8,12-13H2,1H3/t14-/m1/s1. The van der Waals surface area contributed by atoms with Crippen LogP contribution in [0.2, 0.25) is 10.0 Å². The normalized spacial score (nSPS) is 17.1. The molecule has 0 spiro atoms. The molecule has 0 unspecified atom stereocenters. The fraction of sp³-hybridized carbons (Fsp3) is 0.280. The van der Waals surface area contributed by atoms with Crippen LogP contribution in [0.15, 0.2) is 36.4 Å². The lowest BCUT2D eigenvalue weighted by atomic mass is 9.97. The van der Waals surface area contributed by atoms with Gasteiger partial charge in [0.1, 0.15) is 17.6 Å². The molecular weight excluding hydrogens is 492 g/mol. The van der Waals surface area contributed by atoms with E-state index in [1.54, 1.807) is 38.7 Å². The lowest BCUT2D eigenvalue weighted by molar-refractivity contribution is 0.0637. The van der Waals surface area contributed by atoms with Gasteiger partial charge in [-0.15, -0.1) is 0 Å². The number of carbonyl (C=O) groups is 2. The van der Waals surface area contributed by atoms with Gasteiger partial charge >= 0.3 is 0 Å². The zero-order valence-electron chi connectivity index (χ0n) is 18.8. The predicted octanol–water partition coefficient (Wildman–Crippen LogP) is 4.44. The molecule has 0 saturated heterocycles. The Morgan fingerprint density at radius 1 is 1.20 bits per heavy atom. The second kappa shape index (κ2) is 8.99. The Labute approximate surface area is 211 Å². The Bertz CT molecular complexity index is 1410. The molecule has 5 rings (SSSR count). The number of nitrogens with zero attached hydrogens (tertiary/aromatic N) is 5. The minimum atomic E-state index is -0.589. The van der Waals surface area contributed by atoms with Gasteiger partial charge in [-0.1, -0.05) is 29.3 Å². The molecule has 0 fully saturated rings. The molecule has 178 valence electrons. The molecule has 0 saturated carbocycles. The number of halogens is 3. The largest absolute Gasteiger partial charge is 0.331 e. The van der Waals surface area contributed by atoms with E-state index in [-0.39, 0.29) is 36.5 Å². The lowest BCUT2D eigenvalue weighted by Gasteiger charge is -2.34. The van der Waals surface area contributed by atoms with Crippen LogP contribution >= 0.6 is 23.2 Å². The van der Waals surface area contributed by atoms with Crippen molar-refractivity contribution >= 4 is 35.0 Å². The van der Waals surface area contributed by atoms with E-state index < -0.39 is 5.82 Å². The van der Waals surface area contributed by atoms with Crippen molar-refractivity contribution in [3.05, 3.63) is 85.9 Å². The van der Waals surface area contributed by atoms with Gasteiger partial charge in [0.25, 0.3) is 11.8 Å². The van der Waals surface area contributed by atoms with Crippen LogP contribution in [0.3, 0.4) is 0 Å². The van der Waals surface area contributed by atoms with Gasteiger partial charge in [-0.3, -0.25) is 14.3 Å². The Kier molecular flexibility index (Phi) is 5.99. The molecule has 1 aromatic heterocycles. The lowest BCUT2D eigenvalue weighted by Crippen LogP contribution is -2.44. The van der Waals surface area contributed by atoms with Crippen molar-refractivity contribution in [3.8, 4) is 6.07 Å². The van der Waals surface area contributed by atoms with E-state index in [4.69, 9.17) is 28.5 Å². The van der Waals surface area contributed by atoms with E-state index in [1.165, 1.54) is 12.1 Å². The Morgan fingerprint density at radius 2 is 2.00 bits per heavy atom. The van der Waals surface area contributed by atoms with Gasteiger partial charge in [-0.2, -0.15) is 10.4 Å². The maximum Gasteiger partial charge on any atom is 0.272 e. The molecule has 2 aliphatic heterocycles. The van der Waals surface area contributed by atoms with Gasteiger partial charge in [0.15, 0.2) is 0 Å². The monoisotopic (exact) mass is 511 g/mol. The highest BCUT2D eigenvalue weighted by Gasteiger charge is 2.37. The first kappa shape index (κ1) is 23.3. The molecule has 7 nitrogen and oxygen atoms in total. The van der Waals surface area contributed by atoms with Crippen LogP contribution in [0.5, 0.6) is 0 Å². The van der Waals surface area contributed by atoms with Crippen molar-refractivity contribution < 1.29 is 14.0 Å². The second-order valence-corrected chi connectivity index (χ2v) is 9.58. The number of nitriles is 1. The Balaban J connectivity index is 1.42. The molecule has 0 N–H and O–H groups in total. The van der Waals surface area contributed by atoms with Crippen molar-refractivity contribution in [3.63, 3.8) is 0 Å². The summed E-state index contributed by atoms with van der Waals surface area (Å²) in [4.78, 5) is 30.1. The summed E-state index contributed by atoms with van der Waals surface area (Å²) >= 11 is 12.1. The van der Waals surface area contributed by atoms with E-state index in [0.717, 1.165) is 11.3 Å². The van der Waals surface area contributed by atoms with Gasteiger partial charge in [0.05, 0.1) is 34.4 Å². The highest BCUT2D eigenvalue weighted by molar-refractivity contribution is 6.42. The number of amides is 2. The van der Waals surface area contributed by atoms with Crippen LogP contribution in [0.25, 0.3) is 0 Å². The number of fused-ring (bicyclic) bond motifs is 3. The van der Waals surface area contributed by atoms with Crippen LogP contribution in [-0.4, -0.2) is 44.0 Å². The van der Waals surface area contributed by atoms with E-state index in [9.17, 15) is 14.0 Å². The summed E-state index contributed by atoms with van der Waals surface area (Å²) in [5, 5.41) is 14.4. The summed E-state index contributed by atoms with van der Waals surface area (Å²) in [5.74, 6) is -0.990. The fourth-order valence-electron chi connectivity index (χ4n) is 4.66. The van der Waals surface area contributed by atoms with Crippen LogP contribution in [0.1, 0.15) is 50.2 Å². The summed E-state index contributed by atoms with van der Waals surface area (Å²) in [6.07, 6.45) is 0.527. The van der Waals surface area contributed by atoms with Crippen LogP contribution in [0, 0.1) is 17.1 Å². The van der Waals surface area contributed by atoms with Gasteiger partial charge in [0, 0.05) is 36.7 Å². The summed E-state index contributed by atoms with van der Waals surface area (Å²) in [5.41, 5.74) is 3.06. The molecule has 2 amide bonds. The molecule has 0 bridgehead atoms. The van der Waals surface area contributed by atoms with Crippen molar-refractivity contribution in [2.24, 2.45) is 0 Å². The van der Waals surface area contributed by atoms with E-state index >= 15 is 0 Å². The first-order valence-electron chi connectivity index (χ1n) is 11.1. The third-order valence-electron chi connectivity index (χ3n) is 6.51. The average Bonchev–Trinajstić information content (AvgIpc) is 3.20. The number of benzene rings is 2. The van der Waals surface area contributed by atoms with Crippen molar-refractivity contribution in [2.45, 2.75) is 39.0 Å². The number of aromatic nitrogens is 2. The van der Waals surface area contributed by atoms with Crippen molar-refractivity contribution in [1.29, 1.82) is 5.26 Å². The second-order valence-electron chi connectivity index (χ2n) is 8.76. The number of rotatable bonds is 3. The topological polar surface area (TPSA) is 82.2 Å². The quantitative estimate of drug-likeness (QED) is 0.520. The summed E-state index contributed by atoms with van der Waals surface area (Å²) in [6.45, 7) is 3.39. The minimum absolute atomic E-state index is 0.0557. The van der Waals surface area contributed by atoms with Gasteiger partial charge in [0.2, 0.25) is 0 Å². The zero-order valence-corrected chi connectivity index (χ0v) is 20.3. The SMILES string of the molecule is C[C@@H]1Cc2nn3c(c2CN1C(=O)c1ccc(Cl)c(Cl)c1)C(=O)N(Cc1ccc(F)c(C#N)c1)CC3. The maximum absolute atomic E-state index is 13.7. The highest BCUT2D eigenvalue weighted by Crippen LogP contribution is 2.31. The predicted molar refractivity (Wildman–Crippen MR) is 128 cm³/mol. The van der Waals surface area contributed by atoms with Crippen molar-refractivity contribution in [2.75, 3.05) is 6.54 Å². The first-order chi connectivity index (χ1) is 16.8. The van der Waals surface area contributed by atoms with Crippen LogP contribution < -0.4 is 0 Å². The number of hydrogen-bond donors (Lipinski definition) is 0. The first-order valence-corrected chi connectivity index (χ1v) is 11.8. The van der Waals surface area contributed by atoms with Crippen LogP contribution in [-0.2, 0) is 26.1 Å². The van der Waals surface area contributed by atoms with Gasteiger partial charge in [-0.25, -0.2) is 4.39 Å². The maximum atomic E-state index is 13.7. The Morgan fingerprint density at radius 3 is 2.74 bits per heavy atom. The highest BCUT2D eigenvalue weighted by atomic mass is 35.5. The van der Waals surface area contributed by atoms with E-state index in [0.29, 0.717) is 46.4 Å². The molecule has 2 aliphatic rings. The Hall–Kier alpha value is -3.41. The molecule has 0 radical (unpaired) electrons. The van der Waals surface area contributed by atoms with Crippen LogP contribution in [0.4, 0.5) is 4.39 Å². The number of hydrogen-bond acceptors (Lipinski definition) is 4. The smallest absolute Gasteiger partial charge is 0.272 e. The van der Waals surface area contributed by atoms with Gasteiger partial charge < -0.3 is 9.80 Å². The van der Waals surface area contributed by atoms with Gasteiger partial charge in [-0.05, 0) is 42.8 Å². The minimum Gasteiger partial charge on any atom is -0.331 e. The summed E-state index contributed by atoms with van der Waals surface area (Å²) in [6, 6.07) is 10.8. The number of carbonyl (C=O) groups excluding carboxylic acids is 2. The third kappa shape index (κ3) is 4.15. The molecule has 10 heteroatoms. The van der Waals surface area contributed by atoms with E-state index in [2.05, 4.69) is 5.10 Å². The van der Waals surface area contributed by atoms with E-state index in [1.807, 2.05) is 13.0 Å². The zero-order chi connectivity index (χ0) is 24.9. The average molecular weight is 512 g/mol. The third-order valence-corrected chi connectivity index (χ3v) is 7.25. The molecule has 3 aromatic rings. The molecular formula is C25H20Cl2FN5O2. The summed E-state index contributed by atoms with van der Waals surface area (Å²) < 4.78 is 15.4.